The van der Waals surface area contributed by atoms with Crippen LogP contribution in [0, 0.1) is 6.92 Å². The molecule has 0 bridgehead atoms. The number of carbonyl (C=O) groups excluding carboxylic acids is 1. The fraction of sp³-hybridized carbons (Fsp3) is 0.385. The zero-order chi connectivity index (χ0) is 14.0. The molecular weight excluding hydrogens is 314 g/mol. The van der Waals surface area contributed by atoms with Crippen molar-refractivity contribution in [3.8, 4) is 0 Å². The van der Waals surface area contributed by atoms with Crippen molar-refractivity contribution < 1.29 is 19.4 Å². The van der Waals surface area contributed by atoms with E-state index in [1.807, 2.05) is 13.0 Å². The maximum absolute atomic E-state index is 12.5. The monoisotopic (exact) mass is 327 g/mol. The van der Waals surface area contributed by atoms with Crippen LogP contribution in [0.2, 0.25) is 0 Å². The molecule has 1 unspecified atom stereocenters. The second-order valence-corrected chi connectivity index (χ2v) is 5.27. The molecule has 1 heterocycles. The minimum atomic E-state index is -1.04. The molecule has 1 aliphatic rings. The largest absolute Gasteiger partial charge is 0.480 e. The van der Waals surface area contributed by atoms with Gasteiger partial charge in [-0.3, -0.25) is 4.79 Å². The first-order valence-electron chi connectivity index (χ1n) is 5.88. The van der Waals surface area contributed by atoms with Crippen LogP contribution in [0.25, 0.3) is 0 Å². The van der Waals surface area contributed by atoms with Crippen LogP contribution in [0.4, 0.5) is 0 Å². The number of aliphatic carboxylic acids is 1. The number of ether oxygens (including phenoxy) is 1. The summed E-state index contributed by atoms with van der Waals surface area (Å²) in [6, 6.07) is 4.50. The van der Waals surface area contributed by atoms with Gasteiger partial charge in [-0.05, 0) is 35.0 Å². The van der Waals surface area contributed by atoms with Gasteiger partial charge in [0.15, 0.2) is 6.04 Å². The smallest absolute Gasteiger partial charge is 0.328 e. The third kappa shape index (κ3) is 2.96. The minimum Gasteiger partial charge on any atom is -0.480 e. The van der Waals surface area contributed by atoms with E-state index in [-0.39, 0.29) is 19.1 Å². The van der Waals surface area contributed by atoms with Gasteiger partial charge in [0, 0.05) is 11.0 Å². The lowest BCUT2D eigenvalue weighted by Crippen LogP contribution is -2.52. The number of rotatable bonds is 2. The summed E-state index contributed by atoms with van der Waals surface area (Å²) in [4.78, 5) is 25.0. The molecule has 2 rings (SSSR count). The van der Waals surface area contributed by atoms with Crippen molar-refractivity contribution in [1.82, 2.24) is 4.90 Å². The lowest BCUT2D eigenvalue weighted by atomic mass is 10.1. The van der Waals surface area contributed by atoms with Gasteiger partial charge in [0.05, 0.1) is 18.8 Å². The topological polar surface area (TPSA) is 66.8 Å². The molecule has 0 radical (unpaired) electrons. The van der Waals surface area contributed by atoms with E-state index in [9.17, 15) is 9.59 Å². The third-order valence-electron chi connectivity index (χ3n) is 3.03. The van der Waals surface area contributed by atoms with Gasteiger partial charge in [0.2, 0.25) is 0 Å². The van der Waals surface area contributed by atoms with E-state index in [2.05, 4.69) is 15.9 Å². The molecule has 102 valence electrons. The second kappa shape index (κ2) is 5.71. The van der Waals surface area contributed by atoms with Crippen LogP contribution in [0.15, 0.2) is 22.7 Å². The molecule has 1 atom stereocenters. The highest BCUT2D eigenvalue weighted by atomic mass is 79.9. The van der Waals surface area contributed by atoms with Crippen LogP contribution < -0.4 is 0 Å². The Morgan fingerprint density at radius 3 is 2.89 bits per heavy atom. The summed E-state index contributed by atoms with van der Waals surface area (Å²) in [6.07, 6.45) is 0. The second-order valence-electron chi connectivity index (χ2n) is 4.41. The predicted molar refractivity (Wildman–Crippen MR) is 72.2 cm³/mol. The summed E-state index contributed by atoms with van der Waals surface area (Å²) in [6.45, 7) is 2.57. The average Bonchev–Trinajstić information content (AvgIpc) is 2.40. The number of morpholine rings is 1. The van der Waals surface area contributed by atoms with Gasteiger partial charge in [-0.25, -0.2) is 4.79 Å². The SMILES string of the molecule is Cc1ccc(Br)c(C(=O)N2CCOCC2C(=O)O)c1. The first-order chi connectivity index (χ1) is 9.00. The highest BCUT2D eigenvalue weighted by Crippen LogP contribution is 2.22. The first-order valence-corrected chi connectivity index (χ1v) is 6.67. The molecule has 1 aromatic rings. The quantitative estimate of drug-likeness (QED) is 0.897. The number of benzene rings is 1. The van der Waals surface area contributed by atoms with E-state index in [0.717, 1.165) is 5.56 Å². The Balaban J connectivity index is 2.31. The number of carboxylic acid groups (broad SMARTS) is 1. The van der Waals surface area contributed by atoms with Crippen molar-refractivity contribution >= 4 is 27.8 Å². The van der Waals surface area contributed by atoms with Crippen LogP contribution in [-0.4, -0.2) is 47.7 Å². The molecule has 19 heavy (non-hydrogen) atoms. The van der Waals surface area contributed by atoms with Crippen LogP contribution in [0.5, 0.6) is 0 Å². The molecule has 0 aromatic heterocycles. The number of carboxylic acids is 1. The molecule has 0 aliphatic carbocycles. The molecule has 1 aromatic carbocycles. The number of aryl methyl sites for hydroxylation is 1. The molecule has 1 fully saturated rings. The summed E-state index contributed by atoms with van der Waals surface area (Å²) < 4.78 is 5.79. The zero-order valence-electron chi connectivity index (χ0n) is 10.4. The summed E-state index contributed by atoms with van der Waals surface area (Å²) in [5.41, 5.74) is 1.43. The van der Waals surface area contributed by atoms with Crippen LogP contribution in [0.1, 0.15) is 15.9 Å². The van der Waals surface area contributed by atoms with Gasteiger partial charge in [-0.15, -0.1) is 0 Å². The third-order valence-corrected chi connectivity index (χ3v) is 3.72. The van der Waals surface area contributed by atoms with Crippen molar-refractivity contribution in [3.05, 3.63) is 33.8 Å². The Hall–Kier alpha value is -1.40. The first kappa shape index (κ1) is 14.0. The summed E-state index contributed by atoms with van der Waals surface area (Å²) in [5, 5.41) is 9.14. The lowest BCUT2D eigenvalue weighted by Gasteiger charge is -2.33. The molecule has 1 N–H and O–H groups in total. The maximum atomic E-state index is 12.5. The molecular formula is C13H14BrNO4. The Morgan fingerprint density at radius 2 is 2.21 bits per heavy atom. The van der Waals surface area contributed by atoms with Crippen molar-refractivity contribution in [3.63, 3.8) is 0 Å². The molecule has 5 nitrogen and oxygen atoms in total. The van der Waals surface area contributed by atoms with Crippen LogP contribution in [-0.2, 0) is 9.53 Å². The molecule has 1 amide bonds. The normalized spacial score (nSPS) is 19.3. The van der Waals surface area contributed by atoms with Gasteiger partial charge >= 0.3 is 5.97 Å². The van der Waals surface area contributed by atoms with Crippen LogP contribution in [0.3, 0.4) is 0 Å². The van der Waals surface area contributed by atoms with Gasteiger partial charge in [0.25, 0.3) is 5.91 Å². The number of hydrogen-bond acceptors (Lipinski definition) is 3. The van der Waals surface area contributed by atoms with Crippen LogP contribution >= 0.6 is 15.9 Å². The molecule has 0 spiro atoms. The molecule has 1 aliphatic heterocycles. The summed E-state index contributed by atoms with van der Waals surface area (Å²) in [5.74, 6) is -1.33. The molecule has 1 saturated heterocycles. The van der Waals surface area contributed by atoms with E-state index < -0.39 is 12.0 Å². The van der Waals surface area contributed by atoms with Crippen molar-refractivity contribution in [2.75, 3.05) is 19.8 Å². The van der Waals surface area contributed by atoms with E-state index in [1.54, 1.807) is 12.1 Å². The fourth-order valence-corrected chi connectivity index (χ4v) is 2.43. The summed E-state index contributed by atoms with van der Waals surface area (Å²) in [7, 11) is 0. The molecule has 6 heteroatoms. The van der Waals surface area contributed by atoms with Gasteiger partial charge in [0.1, 0.15) is 0 Å². The van der Waals surface area contributed by atoms with E-state index in [1.165, 1.54) is 4.90 Å². The number of nitrogens with zero attached hydrogens (tertiary/aromatic N) is 1. The number of carbonyl (C=O) groups is 2. The van der Waals surface area contributed by atoms with Gasteiger partial charge in [-0.2, -0.15) is 0 Å². The summed E-state index contributed by atoms with van der Waals surface area (Å²) >= 11 is 3.33. The Bertz CT molecular complexity index is 517. The molecule has 0 saturated carbocycles. The number of halogens is 1. The predicted octanol–water partition coefficient (Wildman–Crippen LogP) is 1.68. The van der Waals surface area contributed by atoms with E-state index >= 15 is 0 Å². The van der Waals surface area contributed by atoms with E-state index in [0.29, 0.717) is 16.6 Å². The standard InChI is InChI=1S/C13H14BrNO4/c1-8-2-3-10(14)9(6-8)12(16)15-4-5-19-7-11(15)13(17)18/h2-3,6,11H,4-5,7H2,1H3,(H,17,18). The van der Waals surface area contributed by atoms with Crippen molar-refractivity contribution in [1.29, 1.82) is 0 Å². The highest BCUT2D eigenvalue weighted by Gasteiger charge is 2.33. The van der Waals surface area contributed by atoms with Gasteiger partial charge in [-0.1, -0.05) is 11.6 Å². The lowest BCUT2D eigenvalue weighted by molar-refractivity contribution is -0.147. The van der Waals surface area contributed by atoms with Gasteiger partial charge < -0.3 is 14.7 Å². The Labute approximate surface area is 119 Å². The average molecular weight is 328 g/mol. The zero-order valence-corrected chi connectivity index (χ0v) is 12.0. The highest BCUT2D eigenvalue weighted by molar-refractivity contribution is 9.10. The minimum absolute atomic E-state index is 0.0323. The number of amides is 1. The van der Waals surface area contributed by atoms with Crippen molar-refractivity contribution in [2.45, 2.75) is 13.0 Å². The Morgan fingerprint density at radius 1 is 1.47 bits per heavy atom. The maximum Gasteiger partial charge on any atom is 0.328 e. The fourth-order valence-electron chi connectivity index (χ4n) is 2.01. The van der Waals surface area contributed by atoms with E-state index in [4.69, 9.17) is 9.84 Å². The Kier molecular flexibility index (Phi) is 4.21. The number of hydrogen-bond donors (Lipinski definition) is 1. The van der Waals surface area contributed by atoms with Crippen molar-refractivity contribution in [2.24, 2.45) is 0 Å².